The van der Waals surface area contributed by atoms with Crippen LogP contribution in [0.1, 0.15) is 20.7 Å². The van der Waals surface area contributed by atoms with Gasteiger partial charge in [0.2, 0.25) is 0 Å². The maximum atomic E-state index is 13.0. The quantitative estimate of drug-likeness (QED) is 0.410. The summed E-state index contributed by atoms with van der Waals surface area (Å²) in [5, 5.41) is 0. The Kier molecular flexibility index (Phi) is 7.19. The molecule has 0 heterocycles. The third kappa shape index (κ3) is 5.20. The van der Waals surface area contributed by atoms with Gasteiger partial charge in [-0.2, -0.15) is 0 Å². The Morgan fingerprint density at radius 2 is 1.11 bits per heavy atom. The zero-order chi connectivity index (χ0) is 19.9. The molecule has 0 spiro atoms. The third-order valence-electron chi connectivity index (χ3n) is 4.10. The van der Waals surface area contributed by atoms with Crippen LogP contribution < -0.4 is 9.47 Å². The molecule has 0 aromatic heterocycles. The van der Waals surface area contributed by atoms with E-state index in [0.29, 0.717) is 35.8 Å². The first kappa shape index (κ1) is 20.7. The second kappa shape index (κ2) is 9.37. The zero-order valence-corrected chi connectivity index (χ0v) is 17.8. The molecule has 4 nitrogen and oxygen atoms in total. The second-order valence-electron chi connectivity index (χ2n) is 6.53. The molecule has 0 fully saturated rings. The molecule has 0 saturated carbocycles. The first-order valence-corrected chi connectivity index (χ1v) is 15.0. The first-order valence-electron chi connectivity index (χ1n) is 8.67. The van der Waals surface area contributed by atoms with Crippen molar-refractivity contribution in [1.82, 2.24) is 0 Å². The summed E-state index contributed by atoms with van der Waals surface area (Å²) in [5.41, 5.74) is 1.09. The molecule has 140 valence electrons. The van der Waals surface area contributed by atoms with Crippen molar-refractivity contribution in [2.24, 2.45) is 0 Å². The molecule has 2 aromatic carbocycles. The third-order valence-corrected chi connectivity index (χ3v) is 10.1. The van der Waals surface area contributed by atoms with E-state index in [2.05, 4.69) is 13.2 Å². The number of carbonyl (C=O) groups is 2. The molecule has 0 bridgehead atoms. The van der Waals surface area contributed by atoms with E-state index in [9.17, 15) is 9.59 Å². The second-order valence-corrected chi connectivity index (χ2v) is 15.3. The van der Waals surface area contributed by atoms with Gasteiger partial charge in [0.25, 0.3) is 0 Å². The van der Waals surface area contributed by atoms with Gasteiger partial charge in [-0.1, -0.05) is 0 Å². The van der Waals surface area contributed by atoms with E-state index in [4.69, 9.17) is 9.47 Å². The summed E-state index contributed by atoms with van der Waals surface area (Å²) in [6, 6.07) is 13.8. The van der Waals surface area contributed by atoms with Crippen molar-refractivity contribution in [3.05, 3.63) is 85.0 Å². The van der Waals surface area contributed by atoms with Gasteiger partial charge in [-0.3, -0.25) is 0 Å². The Hall–Kier alpha value is -2.60. The molecule has 0 aliphatic carbocycles. The van der Waals surface area contributed by atoms with Gasteiger partial charge < -0.3 is 0 Å². The van der Waals surface area contributed by atoms with E-state index in [0.717, 1.165) is 0 Å². The molecule has 5 heteroatoms. The number of hydrogen-bond donors (Lipinski definition) is 0. The Labute approximate surface area is 162 Å². The van der Waals surface area contributed by atoms with Crippen LogP contribution in [-0.2, 0) is 0 Å². The van der Waals surface area contributed by atoms with E-state index in [1.54, 1.807) is 60.7 Å². The van der Waals surface area contributed by atoms with E-state index in [1.165, 1.54) is 0 Å². The van der Waals surface area contributed by atoms with Crippen LogP contribution in [0.15, 0.2) is 73.8 Å². The minimum atomic E-state index is -3.46. The number of benzene rings is 2. The van der Waals surface area contributed by atoms with Crippen LogP contribution in [0.4, 0.5) is 0 Å². The molecular formula is C22H24GeO4. The van der Waals surface area contributed by atoms with Gasteiger partial charge in [-0.05, 0) is 0 Å². The number of carbonyl (C=O) groups excluding carboxylic acids is 2. The summed E-state index contributed by atoms with van der Waals surface area (Å²) < 4.78 is 10.8. The summed E-state index contributed by atoms with van der Waals surface area (Å²) in [7, 11) is 0. The van der Waals surface area contributed by atoms with Gasteiger partial charge in [0.05, 0.1) is 0 Å². The van der Waals surface area contributed by atoms with Gasteiger partial charge in [0.15, 0.2) is 0 Å². The summed E-state index contributed by atoms with van der Waals surface area (Å²) in [4.78, 5) is 26.0. The average Bonchev–Trinajstić information content (AvgIpc) is 2.70. The van der Waals surface area contributed by atoms with Crippen LogP contribution in [0.3, 0.4) is 0 Å². The molecule has 0 amide bonds. The normalized spacial score (nSPS) is 10.7. The van der Waals surface area contributed by atoms with Gasteiger partial charge in [-0.25, -0.2) is 0 Å². The molecule has 0 aliphatic rings. The van der Waals surface area contributed by atoms with Crippen molar-refractivity contribution >= 4 is 22.5 Å². The van der Waals surface area contributed by atoms with Crippen LogP contribution in [-0.4, -0.2) is 35.7 Å². The van der Waals surface area contributed by atoms with Crippen LogP contribution in [0.25, 0.3) is 0 Å². The molecule has 0 unspecified atom stereocenters. The summed E-state index contributed by atoms with van der Waals surface area (Å²) >= 11 is -3.46. The molecule has 0 aliphatic heterocycles. The van der Waals surface area contributed by atoms with E-state index in [1.807, 2.05) is 11.5 Å². The monoisotopic (exact) mass is 426 g/mol. The van der Waals surface area contributed by atoms with Crippen LogP contribution in [0, 0.1) is 0 Å². The number of hydrogen-bond acceptors (Lipinski definition) is 4. The summed E-state index contributed by atoms with van der Waals surface area (Å²) in [5.74, 6) is 4.99. The SMILES string of the molecule is C=CCOc1ccc([C](=O)[Ge]([CH3])([CH3])[C](=O)c2ccc(OCC=C)cc2)cc1. The first-order chi connectivity index (χ1) is 12.9. The molecule has 2 aromatic rings. The predicted octanol–water partition coefficient (Wildman–Crippen LogP) is 4.67. The fraction of sp³-hybridized carbons (Fsp3) is 0.182. The van der Waals surface area contributed by atoms with E-state index < -0.39 is 13.3 Å². The van der Waals surface area contributed by atoms with E-state index in [-0.39, 0.29) is 9.23 Å². The topological polar surface area (TPSA) is 52.6 Å². The fourth-order valence-corrected chi connectivity index (χ4v) is 6.70. The van der Waals surface area contributed by atoms with Gasteiger partial charge in [-0.15, -0.1) is 0 Å². The summed E-state index contributed by atoms with van der Waals surface area (Å²) in [6.07, 6.45) is 3.31. The standard InChI is InChI=1S/C22H24GeO4/c1-5-15-26-19-11-7-17(8-12-19)21(24)23(3,4)22(25)18-9-13-20(14-10-18)27-16-6-2/h5-14H,1-2,15-16H2,3-4H3. The van der Waals surface area contributed by atoms with Crippen LogP contribution in [0.2, 0.25) is 11.5 Å². The van der Waals surface area contributed by atoms with Crippen molar-refractivity contribution in [3.63, 3.8) is 0 Å². The summed E-state index contributed by atoms with van der Waals surface area (Å²) in [6.45, 7) is 8.01. The van der Waals surface area contributed by atoms with Gasteiger partial charge in [0, 0.05) is 0 Å². The zero-order valence-electron chi connectivity index (χ0n) is 15.7. The molecular weight excluding hydrogens is 401 g/mol. The Morgan fingerprint density at radius 3 is 1.41 bits per heavy atom. The van der Waals surface area contributed by atoms with Crippen LogP contribution >= 0.6 is 0 Å². The van der Waals surface area contributed by atoms with Gasteiger partial charge >= 0.3 is 163 Å². The molecule has 0 radical (unpaired) electrons. The van der Waals surface area contributed by atoms with Crippen molar-refractivity contribution in [2.45, 2.75) is 11.5 Å². The van der Waals surface area contributed by atoms with Crippen molar-refractivity contribution < 1.29 is 19.1 Å². The van der Waals surface area contributed by atoms with Crippen molar-refractivity contribution in [2.75, 3.05) is 13.2 Å². The molecule has 2 rings (SSSR count). The molecule has 0 atom stereocenters. The van der Waals surface area contributed by atoms with Crippen molar-refractivity contribution in [1.29, 1.82) is 0 Å². The predicted molar refractivity (Wildman–Crippen MR) is 110 cm³/mol. The minimum absolute atomic E-state index is 0.0535. The van der Waals surface area contributed by atoms with E-state index >= 15 is 0 Å². The average molecular weight is 425 g/mol. The van der Waals surface area contributed by atoms with Crippen LogP contribution in [0.5, 0.6) is 11.5 Å². The number of rotatable bonds is 10. The number of ether oxygens (including phenoxy) is 2. The Bertz CT molecular complexity index is 751. The van der Waals surface area contributed by atoms with Gasteiger partial charge in [0.1, 0.15) is 0 Å². The Morgan fingerprint density at radius 1 is 0.778 bits per heavy atom. The fourth-order valence-electron chi connectivity index (χ4n) is 2.54. The Balaban J connectivity index is 2.15. The molecule has 0 saturated heterocycles. The maximum absolute atomic E-state index is 13.0. The molecule has 0 N–H and O–H groups in total. The van der Waals surface area contributed by atoms with Crippen molar-refractivity contribution in [3.8, 4) is 11.5 Å². The molecule has 27 heavy (non-hydrogen) atoms.